The molecule has 1 N–H and O–H groups in total. The zero-order chi connectivity index (χ0) is 16.4. The van der Waals surface area contributed by atoms with E-state index in [-0.39, 0.29) is 11.9 Å². The highest BCUT2D eigenvalue weighted by molar-refractivity contribution is 6.05. The topological polar surface area (TPSA) is 58.6 Å². The number of esters is 1. The average Bonchev–Trinajstić information content (AvgIpc) is 3.36. The van der Waals surface area contributed by atoms with Gasteiger partial charge in [0, 0.05) is 24.8 Å². The number of aryl methyl sites for hydroxylation is 1. The predicted octanol–water partition coefficient (Wildman–Crippen LogP) is 2.35. The van der Waals surface area contributed by atoms with Crippen LogP contribution in [-0.2, 0) is 14.3 Å². The number of carbonyl (C=O) groups is 2. The van der Waals surface area contributed by atoms with Gasteiger partial charge in [0.25, 0.3) is 0 Å². The average molecular weight is 316 g/mol. The summed E-state index contributed by atoms with van der Waals surface area (Å²) in [5.74, 6) is -0.416. The highest BCUT2D eigenvalue weighted by atomic mass is 16.5. The van der Waals surface area contributed by atoms with Crippen molar-refractivity contribution in [1.82, 2.24) is 4.90 Å². The van der Waals surface area contributed by atoms with E-state index in [0.29, 0.717) is 32.0 Å². The second kappa shape index (κ2) is 6.22. The molecule has 1 aliphatic carbocycles. The Morgan fingerprint density at radius 3 is 2.52 bits per heavy atom. The maximum Gasteiger partial charge on any atom is 0.321 e. The van der Waals surface area contributed by atoms with Crippen LogP contribution in [0.4, 0.5) is 5.69 Å². The number of methoxy groups -OCH3 is 1. The number of likely N-dealkylation sites (tertiary alicyclic amines) is 1. The van der Waals surface area contributed by atoms with Crippen molar-refractivity contribution in [3.63, 3.8) is 0 Å². The Hall–Kier alpha value is -2.04. The number of amides is 1. The molecular formula is C18H24N2O3. The van der Waals surface area contributed by atoms with Gasteiger partial charge in [0.1, 0.15) is 5.41 Å². The molecule has 2 fully saturated rings. The number of hydrogen-bond donors (Lipinski definition) is 1. The molecule has 0 spiro atoms. The zero-order valence-corrected chi connectivity index (χ0v) is 13.8. The first-order valence-corrected chi connectivity index (χ1v) is 8.26. The maximum atomic E-state index is 12.6. The molecule has 1 saturated heterocycles. The minimum Gasteiger partial charge on any atom is -0.468 e. The number of carbonyl (C=O) groups excluding carboxylic acids is 2. The molecule has 0 aromatic heterocycles. The Bertz CT molecular complexity index is 602. The summed E-state index contributed by atoms with van der Waals surface area (Å²) >= 11 is 0. The van der Waals surface area contributed by atoms with Crippen LogP contribution < -0.4 is 5.32 Å². The van der Waals surface area contributed by atoms with Crippen LogP contribution in [0, 0.1) is 12.3 Å². The van der Waals surface area contributed by atoms with E-state index < -0.39 is 5.41 Å². The van der Waals surface area contributed by atoms with Crippen LogP contribution in [0.2, 0.25) is 0 Å². The van der Waals surface area contributed by atoms with E-state index in [4.69, 9.17) is 4.74 Å². The number of anilines is 1. The number of piperidine rings is 1. The van der Waals surface area contributed by atoms with Crippen LogP contribution in [0.25, 0.3) is 0 Å². The molecule has 2 aliphatic rings. The lowest BCUT2D eigenvalue weighted by molar-refractivity contribution is -0.156. The molecule has 0 unspecified atom stereocenters. The van der Waals surface area contributed by atoms with Crippen LogP contribution in [0.1, 0.15) is 31.2 Å². The molecule has 0 radical (unpaired) electrons. The third-order valence-corrected chi connectivity index (χ3v) is 4.91. The first kappa shape index (κ1) is 15.8. The summed E-state index contributed by atoms with van der Waals surface area (Å²) in [6.45, 7) is 3.47. The van der Waals surface area contributed by atoms with E-state index in [1.807, 2.05) is 11.0 Å². The molecule has 5 heteroatoms. The van der Waals surface area contributed by atoms with E-state index >= 15 is 0 Å². The number of nitrogens with zero attached hydrogens (tertiary/aromatic N) is 1. The van der Waals surface area contributed by atoms with Gasteiger partial charge >= 0.3 is 5.97 Å². The minimum absolute atomic E-state index is 0.0432. The zero-order valence-electron chi connectivity index (χ0n) is 13.8. The highest BCUT2D eigenvalue weighted by Crippen LogP contribution is 2.48. The number of ether oxygens (including phenoxy) is 1. The van der Waals surface area contributed by atoms with Gasteiger partial charge in [-0.25, -0.2) is 0 Å². The fourth-order valence-corrected chi connectivity index (χ4v) is 3.33. The Morgan fingerprint density at radius 2 is 1.96 bits per heavy atom. The van der Waals surface area contributed by atoms with Gasteiger partial charge in [-0.3, -0.25) is 9.59 Å². The first-order chi connectivity index (χ1) is 11.0. The lowest BCUT2D eigenvalue weighted by Gasteiger charge is -2.34. The van der Waals surface area contributed by atoms with Crippen LogP contribution in [0.5, 0.6) is 0 Å². The van der Waals surface area contributed by atoms with Gasteiger partial charge in [-0.15, -0.1) is 0 Å². The minimum atomic E-state index is -0.869. The van der Waals surface area contributed by atoms with E-state index in [2.05, 4.69) is 30.4 Å². The van der Waals surface area contributed by atoms with Crippen molar-refractivity contribution in [2.24, 2.45) is 5.41 Å². The van der Waals surface area contributed by atoms with Gasteiger partial charge in [-0.05, 0) is 50.3 Å². The molecule has 23 heavy (non-hydrogen) atoms. The van der Waals surface area contributed by atoms with Crippen molar-refractivity contribution >= 4 is 17.6 Å². The van der Waals surface area contributed by atoms with Crippen LogP contribution in [0.3, 0.4) is 0 Å². The van der Waals surface area contributed by atoms with Crippen LogP contribution >= 0.6 is 0 Å². The summed E-state index contributed by atoms with van der Waals surface area (Å²) < 4.78 is 4.80. The molecule has 1 aliphatic heterocycles. The van der Waals surface area contributed by atoms with Gasteiger partial charge in [-0.1, -0.05) is 12.1 Å². The number of nitrogens with one attached hydrogen (secondary N) is 1. The predicted molar refractivity (Wildman–Crippen MR) is 88.1 cm³/mol. The molecule has 3 rings (SSSR count). The molecule has 1 heterocycles. The summed E-state index contributed by atoms with van der Waals surface area (Å²) in [5.41, 5.74) is 1.49. The quantitative estimate of drug-likeness (QED) is 0.684. The monoisotopic (exact) mass is 316 g/mol. The SMILES string of the molecule is COC(=O)C1(C(=O)N2CCC(Nc3cccc(C)c3)CC2)CC1. The Morgan fingerprint density at radius 1 is 1.26 bits per heavy atom. The third-order valence-electron chi connectivity index (χ3n) is 4.91. The fourth-order valence-electron chi connectivity index (χ4n) is 3.33. The van der Waals surface area contributed by atoms with Crippen LogP contribution in [-0.4, -0.2) is 43.0 Å². The van der Waals surface area contributed by atoms with E-state index in [1.165, 1.54) is 12.7 Å². The maximum absolute atomic E-state index is 12.6. The molecule has 0 bridgehead atoms. The second-order valence-corrected chi connectivity index (χ2v) is 6.65. The van der Waals surface area contributed by atoms with Gasteiger partial charge < -0.3 is 15.0 Å². The van der Waals surface area contributed by atoms with Crippen molar-refractivity contribution < 1.29 is 14.3 Å². The second-order valence-electron chi connectivity index (χ2n) is 6.65. The molecule has 1 amide bonds. The summed E-state index contributed by atoms with van der Waals surface area (Å²) in [5, 5.41) is 3.54. The largest absolute Gasteiger partial charge is 0.468 e. The van der Waals surface area contributed by atoms with Gasteiger partial charge in [0.2, 0.25) is 5.91 Å². The summed E-state index contributed by atoms with van der Waals surface area (Å²) in [6.07, 6.45) is 3.05. The smallest absolute Gasteiger partial charge is 0.321 e. The van der Waals surface area contributed by atoms with Crippen molar-refractivity contribution in [2.45, 2.75) is 38.6 Å². The van der Waals surface area contributed by atoms with Gasteiger partial charge in [-0.2, -0.15) is 0 Å². The lowest BCUT2D eigenvalue weighted by atomic mass is 10.00. The Balaban J connectivity index is 1.54. The van der Waals surface area contributed by atoms with E-state index in [9.17, 15) is 9.59 Å². The Labute approximate surface area is 137 Å². The normalized spacial score (nSPS) is 20.0. The molecule has 124 valence electrons. The summed E-state index contributed by atoms with van der Waals surface area (Å²) in [4.78, 5) is 26.3. The molecular weight excluding hydrogens is 292 g/mol. The van der Waals surface area contributed by atoms with Crippen molar-refractivity contribution in [3.8, 4) is 0 Å². The molecule has 1 saturated carbocycles. The number of benzene rings is 1. The summed E-state index contributed by atoms with van der Waals surface area (Å²) in [6, 6.07) is 8.70. The van der Waals surface area contributed by atoms with E-state index in [0.717, 1.165) is 18.5 Å². The number of rotatable bonds is 4. The fraction of sp³-hybridized carbons (Fsp3) is 0.556. The van der Waals surface area contributed by atoms with Crippen molar-refractivity contribution in [3.05, 3.63) is 29.8 Å². The molecule has 5 nitrogen and oxygen atoms in total. The van der Waals surface area contributed by atoms with Gasteiger partial charge in [0.15, 0.2) is 0 Å². The molecule has 1 aromatic carbocycles. The Kier molecular flexibility index (Phi) is 4.28. The van der Waals surface area contributed by atoms with Gasteiger partial charge in [0.05, 0.1) is 7.11 Å². The standard InChI is InChI=1S/C18H24N2O3/c1-13-4-3-5-15(12-13)19-14-6-10-20(11-7-14)16(21)18(8-9-18)17(22)23-2/h3-5,12,14,19H,6-11H2,1-2H3. The third kappa shape index (κ3) is 3.19. The molecule has 0 atom stereocenters. The van der Waals surface area contributed by atoms with E-state index in [1.54, 1.807) is 0 Å². The molecule has 1 aromatic rings. The van der Waals surface area contributed by atoms with Crippen molar-refractivity contribution in [2.75, 3.05) is 25.5 Å². The van der Waals surface area contributed by atoms with Crippen molar-refractivity contribution in [1.29, 1.82) is 0 Å². The lowest BCUT2D eigenvalue weighted by Crippen LogP contribution is -2.47. The van der Waals surface area contributed by atoms with Crippen LogP contribution in [0.15, 0.2) is 24.3 Å². The summed E-state index contributed by atoms with van der Waals surface area (Å²) in [7, 11) is 1.35. The number of hydrogen-bond acceptors (Lipinski definition) is 4. The first-order valence-electron chi connectivity index (χ1n) is 8.26. The highest BCUT2D eigenvalue weighted by Gasteiger charge is 2.59.